The Labute approximate surface area is 144 Å². The van der Waals surface area contributed by atoms with E-state index < -0.39 is 0 Å². The third-order valence-electron chi connectivity index (χ3n) is 4.04. The molecule has 7 heteroatoms. The minimum atomic E-state index is -0.234. The normalized spacial score (nSPS) is 17.4. The lowest BCUT2D eigenvalue weighted by atomic mass is 10.1. The van der Waals surface area contributed by atoms with Gasteiger partial charge in [-0.1, -0.05) is 11.6 Å². The lowest BCUT2D eigenvalue weighted by molar-refractivity contribution is 0.415. The molecular formula is C16H18ClN3O2S. The molecular weight excluding hydrogens is 334 g/mol. The van der Waals surface area contributed by atoms with Crippen LogP contribution >= 0.6 is 23.8 Å². The Morgan fingerprint density at radius 1 is 1.43 bits per heavy atom. The molecule has 122 valence electrons. The molecule has 1 aromatic heterocycles. The van der Waals surface area contributed by atoms with Gasteiger partial charge < -0.3 is 14.6 Å². The van der Waals surface area contributed by atoms with Crippen LogP contribution in [-0.4, -0.2) is 29.2 Å². The van der Waals surface area contributed by atoms with E-state index in [0.717, 1.165) is 24.9 Å². The lowest BCUT2D eigenvalue weighted by Gasteiger charge is -2.19. The molecule has 2 N–H and O–H groups in total. The van der Waals surface area contributed by atoms with E-state index in [1.165, 1.54) is 0 Å². The van der Waals surface area contributed by atoms with E-state index in [9.17, 15) is 4.79 Å². The van der Waals surface area contributed by atoms with Crippen molar-refractivity contribution in [3.05, 3.63) is 44.4 Å². The van der Waals surface area contributed by atoms with Crippen molar-refractivity contribution in [1.82, 2.24) is 14.9 Å². The molecule has 0 unspecified atom stereocenters. The molecule has 1 fully saturated rings. The molecule has 0 amide bonds. The summed E-state index contributed by atoms with van der Waals surface area (Å²) in [5.74, 6) is 0.655. The lowest BCUT2D eigenvalue weighted by Crippen LogP contribution is -2.29. The Hall–Kier alpha value is -1.63. The number of H-pyrrole nitrogens is 1. The standard InChI is InChI=1S/C16H18ClN3O2S/c1-22-14-5-4-10(17)7-12(14)13-8-15(21)19-16(23)20(13)9-11-3-2-6-18-11/h4-5,7-8,11,18H,2-3,6,9H2,1H3,(H,19,21,23)/t11-/m1/s1. The quantitative estimate of drug-likeness (QED) is 0.831. The zero-order chi connectivity index (χ0) is 16.4. The van der Waals surface area contributed by atoms with Crippen LogP contribution in [0.2, 0.25) is 5.02 Å². The van der Waals surface area contributed by atoms with Crippen LogP contribution in [0.4, 0.5) is 0 Å². The van der Waals surface area contributed by atoms with Crippen molar-refractivity contribution in [2.45, 2.75) is 25.4 Å². The monoisotopic (exact) mass is 351 g/mol. The summed E-state index contributed by atoms with van der Waals surface area (Å²) in [5.41, 5.74) is 1.24. The summed E-state index contributed by atoms with van der Waals surface area (Å²) in [4.78, 5) is 14.6. The van der Waals surface area contributed by atoms with Gasteiger partial charge in [0.2, 0.25) is 0 Å². The van der Waals surface area contributed by atoms with Gasteiger partial charge in [0.25, 0.3) is 5.56 Å². The zero-order valence-corrected chi connectivity index (χ0v) is 14.3. The number of ether oxygens (including phenoxy) is 1. The van der Waals surface area contributed by atoms with Crippen LogP contribution in [0, 0.1) is 4.77 Å². The average Bonchev–Trinajstić information content (AvgIpc) is 3.03. The maximum absolute atomic E-state index is 11.9. The maximum atomic E-state index is 11.9. The summed E-state index contributed by atoms with van der Waals surface area (Å²) in [6.45, 7) is 1.71. The van der Waals surface area contributed by atoms with Gasteiger partial charge in [-0.2, -0.15) is 0 Å². The first-order valence-electron chi connectivity index (χ1n) is 7.50. The van der Waals surface area contributed by atoms with Crippen molar-refractivity contribution in [1.29, 1.82) is 0 Å². The Morgan fingerprint density at radius 2 is 2.26 bits per heavy atom. The highest BCUT2D eigenvalue weighted by atomic mass is 35.5. The van der Waals surface area contributed by atoms with Crippen LogP contribution in [0.5, 0.6) is 5.75 Å². The number of nitrogens with one attached hydrogen (secondary N) is 2. The molecule has 2 aromatic rings. The summed E-state index contributed by atoms with van der Waals surface area (Å²) in [6.07, 6.45) is 2.24. The second-order valence-electron chi connectivity index (χ2n) is 5.57. The van der Waals surface area contributed by atoms with E-state index in [2.05, 4.69) is 10.3 Å². The second-order valence-corrected chi connectivity index (χ2v) is 6.40. The molecule has 23 heavy (non-hydrogen) atoms. The highest BCUT2D eigenvalue weighted by Crippen LogP contribution is 2.32. The fraction of sp³-hybridized carbons (Fsp3) is 0.375. The number of benzene rings is 1. The Kier molecular flexibility index (Phi) is 4.84. The van der Waals surface area contributed by atoms with Crippen molar-refractivity contribution in [2.75, 3.05) is 13.7 Å². The number of hydrogen-bond donors (Lipinski definition) is 2. The molecule has 5 nitrogen and oxygen atoms in total. The van der Waals surface area contributed by atoms with Crippen molar-refractivity contribution in [2.24, 2.45) is 0 Å². The highest BCUT2D eigenvalue weighted by molar-refractivity contribution is 7.71. The fourth-order valence-electron chi connectivity index (χ4n) is 2.94. The van der Waals surface area contributed by atoms with Crippen molar-refractivity contribution < 1.29 is 4.74 Å². The number of halogens is 1. The summed E-state index contributed by atoms with van der Waals surface area (Å²) < 4.78 is 7.77. The summed E-state index contributed by atoms with van der Waals surface area (Å²) in [7, 11) is 1.59. The minimum absolute atomic E-state index is 0.234. The molecule has 1 saturated heterocycles. The molecule has 0 radical (unpaired) electrons. The smallest absolute Gasteiger partial charge is 0.252 e. The van der Waals surface area contributed by atoms with Gasteiger partial charge in [-0.3, -0.25) is 9.78 Å². The van der Waals surface area contributed by atoms with Gasteiger partial charge in [-0.25, -0.2) is 0 Å². The van der Waals surface area contributed by atoms with E-state index in [1.807, 2.05) is 4.57 Å². The number of nitrogens with zero attached hydrogens (tertiary/aromatic N) is 1. The van der Waals surface area contributed by atoms with Crippen molar-refractivity contribution in [3.63, 3.8) is 0 Å². The molecule has 0 aliphatic carbocycles. The van der Waals surface area contributed by atoms with Gasteiger partial charge in [0, 0.05) is 29.2 Å². The van der Waals surface area contributed by atoms with E-state index in [0.29, 0.717) is 33.8 Å². The highest BCUT2D eigenvalue weighted by Gasteiger charge is 2.18. The molecule has 0 spiro atoms. The molecule has 1 aliphatic rings. The molecule has 1 aliphatic heterocycles. The number of aromatic nitrogens is 2. The van der Waals surface area contributed by atoms with Crippen LogP contribution in [0.1, 0.15) is 12.8 Å². The van der Waals surface area contributed by atoms with Crippen LogP contribution in [0.15, 0.2) is 29.1 Å². The molecule has 2 heterocycles. The molecule has 1 atom stereocenters. The number of aromatic amines is 1. The van der Waals surface area contributed by atoms with E-state index in [1.54, 1.807) is 31.4 Å². The molecule has 0 bridgehead atoms. The van der Waals surface area contributed by atoms with Crippen LogP contribution in [0.3, 0.4) is 0 Å². The van der Waals surface area contributed by atoms with Gasteiger partial charge in [0.1, 0.15) is 5.75 Å². The van der Waals surface area contributed by atoms with Gasteiger partial charge in [0.05, 0.1) is 12.8 Å². The molecule has 1 aromatic carbocycles. The van der Waals surface area contributed by atoms with Crippen LogP contribution < -0.4 is 15.6 Å². The second kappa shape index (κ2) is 6.86. The first-order chi connectivity index (χ1) is 11.1. The van der Waals surface area contributed by atoms with Gasteiger partial charge in [-0.15, -0.1) is 0 Å². The largest absolute Gasteiger partial charge is 0.496 e. The maximum Gasteiger partial charge on any atom is 0.252 e. The number of methoxy groups -OCH3 is 1. The van der Waals surface area contributed by atoms with Crippen LogP contribution in [0.25, 0.3) is 11.3 Å². The minimum Gasteiger partial charge on any atom is -0.496 e. The van der Waals surface area contributed by atoms with Gasteiger partial charge in [0.15, 0.2) is 4.77 Å². The first kappa shape index (κ1) is 16.2. The van der Waals surface area contributed by atoms with Crippen molar-refractivity contribution >= 4 is 23.8 Å². The van der Waals surface area contributed by atoms with E-state index in [4.69, 9.17) is 28.6 Å². The number of rotatable bonds is 4. The molecule has 3 rings (SSSR count). The van der Waals surface area contributed by atoms with Gasteiger partial charge in [-0.05, 0) is 49.8 Å². The van der Waals surface area contributed by atoms with Gasteiger partial charge >= 0.3 is 0 Å². The predicted octanol–water partition coefficient (Wildman–Crippen LogP) is 2.99. The first-order valence-corrected chi connectivity index (χ1v) is 8.28. The Morgan fingerprint density at radius 3 is 2.96 bits per heavy atom. The average molecular weight is 352 g/mol. The number of hydrogen-bond acceptors (Lipinski definition) is 4. The summed E-state index contributed by atoms with van der Waals surface area (Å²) >= 11 is 11.5. The van der Waals surface area contributed by atoms with Crippen LogP contribution in [-0.2, 0) is 6.54 Å². The Balaban J connectivity index is 2.16. The summed E-state index contributed by atoms with van der Waals surface area (Å²) in [5, 5.41) is 4.03. The third-order valence-corrected chi connectivity index (χ3v) is 4.59. The SMILES string of the molecule is COc1ccc(Cl)cc1-c1cc(=O)[nH]c(=S)n1C[C@H]1CCCN1. The van der Waals surface area contributed by atoms with E-state index >= 15 is 0 Å². The zero-order valence-electron chi connectivity index (χ0n) is 12.8. The third kappa shape index (κ3) is 3.49. The van der Waals surface area contributed by atoms with Crippen molar-refractivity contribution in [3.8, 4) is 17.0 Å². The summed E-state index contributed by atoms with van der Waals surface area (Å²) in [6, 6.07) is 7.23. The predicted molar refractivity (Wildman–Crippen MR) is 93.9 cm³/mol. The van der Waals surface area contributed by atoms with E-state index in [-0.39, 0.29) is 5.56 Å². The molecule has 0 saturated carbocycles. The Bertz CT molecular complexity index is 825. The topological polar surface area (TPSA) is 59.1 Å². The fourth-order valence-corrected chi connectivity index (χ4v) is 3.38.